The third kappa shape index (κ3) is 6.80. The minimum atomic E-state index is -2.77. The first-order valence-electron chi connectivity index (χ1n) is 17.8. The Balaban J connectivity index is 0.000000167. The minimum absolute atomic E-state index is 0.00181. The van der Waals surface area contributed by atoms with Crippen LogP contribution in [0.1, 0.15) is 68.7 Å². The Labute approximate surface area is 341 Å². The van der Waals surface area contributed by atoms with Crippen LogP contribution >= 0.6 is 15.9 Å². The lowest BCUT2D eigenvalue weighted by Crippen LogP contribution is -2.26. The van der Waals surface area contributed by atoms with Gasteiger partial charge in [-0.3, -0.25) is 9.97 Å². The van der Waals surface area contributed by atoms with Gasteiger partial charge in [0.05, 0.1) is 11.1 Å². The van der Waals surface area contributed by atoms with Crippen molar-refractivity contribution in [2.24, 2.45) is 21.5 Å². The summed E-state index contributed by atoms with van der Waals surface area (Å²) < 4.78 is 83.6. The topological polar surface area (TPSA) is 128 Å². The first kappa shape index (κ1) is 39.1. The normalized spacial score (nSPS) is 17.8. The van der Waals surface area contributed by atoms with Crippen LogP contribution in [0, 0.1) is 11.6 Å². The van der Waals surface area contributed by atoms with E-state index in [1.807, 2.05) is 42.5 Å². The molecule has 0 bridgehead atoms. The average molecular weight is 864 g/mol. The Kier molecular flexibility index (Phi) is 10.3. The van der Waals surface area contributed by atoms with Crippen LogP contribution in [0.15, 0.2) is 155 Å². The van der Waals surface area contributed by atoms with Crippen molar-refractivity contribution in [3.8, 4) is 11.1 Å². The molecule has 0 amide bonds. The molecule has 2 aliphatic heterocycles. The van der Waals surface area contributed by atoms with E-state index in [-0.39, 0.29) is 28.5 Å². The molecule has 0 aliphatic carbocycles. The number of aromatic nitrogens is 4. The number of amidine groups is 2. The lowest BCUT2D eigenvalue weighted by molar-refractivity contribution is 0.145. The molecule has 8 nitrogen and oxygen atoms in total. The number of benzene rings is 4. The molecule has 2 atom stereocenters. The van der Waals surface area contributed by atoms with Gasteiger partial charge in [-0.05, 0) is 82.4 Å². The predicted molar refractivity (Wildman–Crippen MR) is 214 cm³/mol. The second-order valence-electron chi connectivity index (χ2n) is 13.5. The summed E-state index contributed by atoms with van der Waals surface area (Å²) in [5.74, 6) is -1.00. The molecule has 0 radical (unpaired) electrons. The quantitative estimate of drug-likeness (QED) is 0.154. The van der Waals surface area contributed by atoms with Gasteiger partial charge in [0.2, 0.25) is 0 Å². The lowest BCUT2D eigenvalue weighted by Gasteiger charge is -2.30. The second-order valence-corrected chi connectivity index (χ2v) is 14.4. The zero-order valence-corrected chi connectivity index (χ0v) is 32.0. The number of pyridine rings is 2. The molecule has 9 rings (SSSR count). The first-order chi connectivity index (χ1) is 28.4. The Morgan fingerprint density at radius 2 is 0.983 bits per heavy atom. The molecule has 4 N–H and O–H groups in total. The third-order valence-corrected chi connectivity index (χ3v) is 10.7. The van der Waals surface area contributed by atoms with Gasteiger partial charge in [0.25, 0.3) is 12.9 Å². The summed E-state index contributed by atoms with van der Waals surface area (Å²) in [7, 11) is 0. The molecule has 0 saturated heterocycles. The SMILES string of the molecule is NC1=NC(c2cccc(-c3cncnc3)c2)(c2ccnc(C(F)F)c2)c2cccc(F)c21.NC1=NC(c2cccc(Br)c2)(c2ccnc(C(F)F)c2)c2cccc(F)c21. The number of rotatable bonds is 7. The second kappa shape index (κ2) is 15.5. The number of alkyl halides is 4. The smallest absolute Gasteiger partial charge is 0.280 e. The maximum absolute atomic E-state index is 14.8. The number of hydrogen-bond donors (Lipinski definition) is 2. The molecule has 0 fully saturated rings. The molecule has 2 unspecified atom stereocenters. The van der Waals surface area contributed by atoms with Crippen LogP contribution in [0.5, 0.6) is 0 Å². The summed E-state index contributed by atoms with van der Waals surface area (Å²) in [4.78, 5) is 24.9. The van der Waals surface area contributed by atoms with E-state index >= 15 is 0 Å². The van der Waals surface area contributed by atoms with Gasteiger partial charge >= 0.3 is 0 Å². The van der Waals surface area contributed by atoms with Crippen LogP contribution in [-0.4, -0.2) is 31.6 Å². The third-order valence-electron chi connectivity index (χ3n) is 10.2. The molecule has 4 aromatic carbocycles. The van der Waals surface area contributed by atoms with E-state index in [0.717, 1.165) is 15.6 Å². The summed E-state index contributed by atoms with van der Waals surface area (Å²) in [5.41, 5.74) is 14.0. The standard InChI is InChI=1S/C24H16F3N5.C20H13BrF3N3/c25-19-6-2-5-18-21(19)23(28)32-24(18,17-7-8-31-20(10-17)22(26)27)16-4-1-3-14(9-16)15-11-29-13-30-12-15;21-13-4-1-3-11(9-13)20(12-7-8-26-16(10-12)18(23)24)14-5-2-6-15(22)17(14)19(25)27-20/h1-13,22H,(H2,28,32);1-10,18H,(H2,25,27). The van der Waals surface area contributed by atoms with Crippen molar-refractivity contribution < 1.29 is 26.3 Å². The predicted octanol–water partition coefficient (Wildman–Crippen LogP) is 9.56. The van der Waals surface area contributed by atoms with E-state index in [2.05, 4.69) is 45.9 Å². The Bertz CT molecular complexity index is 2790. The van der Waals surface area contributed by atoms with Gasteiger partial charge in [-0.1, -0.05) is 70.5 Å². The highest BCUT2D eigenvalue weighted by Gasteiger charge is 2.46. The van der Waals surface area contributed by atoms with Crippen LogP contribution in [0.3, 0.4) is 0 Å². The number of fused-ring (bicyclic) bond motifs is 2. The average Bonchev–Trinajstić information content (AvgIpc) is 3.74. The van der Waals surface area contributed by atoms with Crippen molar-refractivity contribution in [1.29, 1.82) is 0 Å². The zero-order chi connectivity index (χ0) is 41.5. The van der Waals surface area contributed by atoms with E-state index in [9.17, 15) is 26.3 Å². The van der Waals surface area contributed by atoms with Crippen LogP contribution in [0.25, 0.3) is 11.1 Å². The summed E-state index contributed by atoms with van der Waals surface area (Å²) in [5, 5.41) is 0. The highest BCUT2D eigenvalue weighted by molar-refractivity contribution is 9.10. The Hall–Kier alpha value is -6.74. The van der Waals surface area contributed by atoms with Crippen LogP contribution in [-0.2, 0) is 11.1 Å². The molecular formula is C44H29BrF6N8. The van der Waals surface area contributed by atoms with Gasteiger partial charge in [0, 0.05) is 46.0 Å². The van der Waals surface area contributed by atoms with Crippen molar-refractivity contribution in [2.45, 2.75) is 23.9 Å². The summed E-state index contributed by atoms with van der Waals surface area (Å²) in [6, 6.07) is 29.6. The fourth-order valence-corrected chi connectivity index (χ4v) is 8.05. The van der Waals surface area contributed by atoms with Crippen molar-refractivity contribution in [1.82, 2.24) is 19.9 Å². The van der Waals surface area contributed by atoms with E-state index in [4.69, 9.17) is 11.5 Å². The number of aliphatic imine (C=N–C) groups is 2. The largest absolute Gasteiger partial charge is 0.383 e. The van der Waals surface area contributed by atoms with Crippen LogP contribution in [0.2, 0.25) is 0 Å². The molecule has 5 heterocycles. The maximum atomic E-state index is 14.8. The number of hydrogen-bond acceptors (Lipinski definition) is 8. The van der Waals surface area contributed by atoms with Crippen LogP contribution < -0.4 is 11.5 Å². The van der Waals surface area contributed by atoms with Crippen molar-refractivity contribution in [3.05, 3.63) is 212 Å². The zero-order valence-electron chi connectivity index (χ0n) is 30.4. The molecule has 2 aliphatic rings. The van der Waals surface area contributed by atoms with Crippen molar-refractivity contribution >= 4 is 27.6 Å². The molecule has 15 heteroatoms. The van der Waals surface area contributed by atoms with E-state index in [0.29, 0.717) is 33.4 Å². The number of nitrogens with zero attached hydrogens (tertiary/aromatic N) is 6. The van der Waals surface area contributed by atoms with Crippen molar-refractivity contribution in [2.75, 3.05) is 0 Å². The van der Waals surface area contributed by atoms with Gasteiger partial charge in [-0.25, -0.2) is 46.3 Å². The maximum Gasteiger partial charge on any atom is 0.280 e. The van der Waals surface area contributed by atoms with Gasteiger partial charge in [0.15, 0.2) is 0 Å². The Morgan fingerprint density at radius 1 is 0.525 bits per heavy atom. The highest BCUT2D eigenvalue weighted by Crippen LogP contribution is 2.49. The molecular weight excluding hydrogens is 834 g/mol. The first-order valence-corrected chi connectivity index (χ1v) is 18.6. The molecule has 0 saturated carbocycles. The lowest BCUT2D eigenvalue weighted by atomic mass is 9.77. The summed E-state index contributed by atoms with van der Waals surface area (Å²) in [6.07, 6.45) is 1.86. The molecule has 0 spiro atoms. The highest BCUT2D eigenvalue weighted by atomic mass is 79.9. The molecule has 3 aromatic heterocycles. The summed E-state index contributed by atoms with van der Waals surface area (Å²) in [6.45, 7) is 0. The monoisotopic (exact) mass is 862 g/mol. The Morgan fingerprint density at radius 3 is 1.47 bits per heavy atom. The van der Waals surface area contributed by atoms with E-state index in [1.165, 1.54) is 43.0 Å². The van der Waals surface area contributed by atoms with Crippen molar-refractivity contribution in [3.63, 3.8) is 0 Å². The number of halogens is 7. The molecule has 59 heavy (non-hydrogen) atoms. The number of nitrogens with two attached hydrogens (primary N) is 2. The van der Waals surface area contributed by atoms with Crippen LogP contribution in [0.4, 0.5) is 26.3 Å². The van der Waals surface area contributed by atoms with E-state index in [1.54, 1.807) is 54.9 Å². The fourth-order valence-electron chi connectivity index (χ4n) is 7.65. The summed E-state index contributed by atoms with van der Waals surface area (Å²) >= 11 is 3.43. The molecule has 294 valence electrons. The van der Waals surface area contributed by atoms with Gasteiger partial charge in [-0.2, -0.15) is 0 Å². The van der Waals surface area contributed by atoms with Gasteiger partial charge in [0.1, 0.15) is 52.1 Å². The molecule has 7 aromatic rings. The fraction of sp³-hybridized carbons (Fsp3) is 0.0909. The van der Waals surface area contributed by atoms with Gasteiger partial charge < -0.3 is 11.5 Å². The van der Waals surface area contributed by atoms with E-state index < -0.39 is 41.3 Å². The van der Waals surface area contributed by atoms with Gasteiger partial charge in [-0.15, -0.1) is 0 Å². The minimum Gasteiger partial charge on any atom is -0.383 e.